The van der Waals surface area contributed by atoms with E-state index in [9.17, 15) is 9.59 Å². The summed E-state index contributed by atoms with van der Waals surface area (Å²) in [6.45, 7) is 5.91. The molecular weight excluding hydrogens is 298 g/mol. The number of anilines is 1. The van der Waals surface area contributed by atoms with E-state index in [1.165, 1.54) is 4.57 Å². The molecule has 1 saturated heterocycles. The van der Waals surface area contributed by atoms with Gasteiger partial charge in [-0.15, -0.1) is 0 Å². The van der Waals surface area contributed by atoms with Gasteiger partial charge >= 0.3 is 11.7 Å². The minimum atomic E-state index is -0.409. The fourth-order valence-electron chi connectivity index (χ4n) is 3.32. The van der Waals surface area contributed by atoms with Crippen LogP contribution in [0.3, 0.4) is 0 Å². The van der Waals surface area contributed by atoms with Gasteiger partial charge in [-0.1, -0.05) is 20.8 Å². The number of esters is 1. The topological polar surface area (TPSA) is 96.4 Å². The first kappa shape index (κ1) is 16.0. The Kier molecular flexibility index (Phi) is 3.91. The highest BCUT2D eigenvalue weighted by atomic mass is 16.6. The van der Waals surface area contributed by atoms with Crippen LogP contribution in [0.1, 0.15) is 39.8 Å². The van der Waals surface area contributed by atoms with Crippen LogP contribution in [0.15, 0.2) is 17.1 Å². The molecule has 2 N–H and O–H groups in total. The van der Waals surface area contributed by atoms with Crippen LogP contribution in [0.25, 0.3) is 0 Å². The van der Waals surface area contributed by atoms with Crippen molar-refractivity contribution in [3.63, 3.8) is 0 Å². The zero-order chi connectivity index (χ0) is 16.8. The van der Waals surface area contributed by atoms with Crippen molar-refractivity contribution in [2.24, 2.45) is 17.3 Å². The molecule has 0 bridgehead atoms. The molecule has 1 saturated carbocycles. The molecule has 2 fully saturated rings. The van der Waals surface area contributed by atoms with Gasteiger partial charge in [0, 0.05) is 11.6 Å². The molecule has 1 spiro atoms. The smallest absolute Gasteiger partial charge is 0.351 e. The van der Waals surface area contributed by atoms with E-state index >= 15 is 0 Å². The molecule has 0 amide bonds. The third kappa shape index (κ3) is 2.73. The number of hydrogen-bond donors (Lipinski definition) is 1. The molecule has 3 unspecified atom stereocenters. The Labute approximate surface area is 134 Å². The normalized spacial score (nSPS) is 28.3. The Balaban J connectivity index is 1.78. The zero-order valence-electron chi connectivity index (χ0n) is 13.7. The number of nitrogen functional groups attached to an aromatic ring is 1. The highest BCUT2D eigenvalue weighted by Gasteiger charge is 2.62. The number of ether oxygens (including phenoxy) is 2. The Morgan fingerprint density at radius 3 is 2.83 bits per heavy atom. The van der Waals surface area contributed by atoms with Gasteiger partial charge in [-0.25, -0.2) is 4.79 Å². The molecule has 7 heteroatoms. The molecule has 2 aliphatic rings. The van der Waals surface area contributed by atoms with Crippen LogP contribution in [0.5, 0.6) is 0 Å². The summed E-state index contributed by atoms with van der Waals surface area (Å²) in [5.74, 6) is 0.00296. The number of carbonyl (C=O) groups is 1. The minimum Gasteiger partial charge on any atom is -0.463 e. The average Bonchev–Trinajstić information content (AvgIpc) is 3.24. The van der Waals surface area contributed by atoms with Gasteiger partial charge in [-0.05, 0) is 24.8 Å². The zero-order valence-corrected chi connectivity index (χ0v) is 13.7. The third-order valence-electron chi connectivity index (χ3n) is 5.05. The number of nitrogens with zero attached hydrogens (tertiary/aromatic N) is 2. The second kappa shape index (κ2) is 5.63. The molecule has 1 aromatic rings. The Morgan fingerprint density at radius 2 is 2.26 bits per heavy atom. The average molecular weight is 321 g/mol. The van der Waals surface area contributed by atoms with Crippen LogP contribution < -0.4 is 11.4 Å². The number of nitrogens with two attached hydrogens (primary N) is 1. The van der Waals surface area contributed by atoms with Crippen molar-refractivity contribution in [3.8, 4) is 0 Å². The van der Waals surface area contributed by atoms with Gasteiger partial charge in [0.2, 0.25) is 0 Å². The van der Waals surface area contributed by atoms with E-state index in [2.05, 4.69) is 11.9 Å². The molecule has 2 heterocycles. The highest BCUT2D eigenvalue weighted by molar-refractivity contribution is 5.71. The van der Waals surface area contributed by atoms with Crippen molar-refractivity contribution in [2.45, 2.75) is 45.9 Å². The number of carbonyl (C=O) groups excluding carboxylic acids is 1. The fraction of sp³-hybridized carbons (Fsp3) is 0.688. The lowest BCUT2D eigenvalue weighted by Gasteiger charge is -2.21. The van der Waals surface area contributed by atoms with Crippen LogP contribution in [0, 0.1) is 17.3 Å². The number of rotatable bonds is 4. The molecule has 1 aliphatic heterocycles. The van der Waals surface area contributed by atoms with E-state index in [4.69, 9.17) is 15.2 Å². The van der Waals surface area contributed by atoms with E-state index < -0.39 is 5.69 Å². The second-order valence-electron chi connectivity index (χ2n) is 6.88. The van der Waals surface area contributed by atoms with E-state index in [1.54, 1.807) is 26.1 Å². The van der Waals surface area contributed by atoms with Crippen molar-refractivity contribution in [3.05, 3.63) is 22.7 Å². The predicted molar refractivity (Wildman–Crippen MR) is 83.4 cm³/mol. The highest BCUT2D eigenvalue weighted by Crippen LogP contribution is 2.65. The summed E-state index contributed by atoms with van der Waals surface area (Å²) < 4.78 is 12.9. The standard InChI is InChI=1S/C16H23N3O4/c1-9(2)13(20)22-8-11-10(3)16(5-6-16)14(23-11)19-7-4-12(17)18-15(19)21/h4,7,9-11,14H,5-6,8H2,1-3H3,(H2,17,18,21). The van der Waals surface area contributed by atoms with Gasteiger partial charge in [-0.3, -0.25) is 9.36 Å². The van der Waals surface area contributed by atoms with E-state index in [1.807, 2.05) is 0 Å². The SMILES string of the molecule is CC(C)C(=O)OCC1OC(n2ccc(N)nc2=O)C2(CC2)C1C. The Morgan fingerprint density at radius 1 is 1.57 bits per heavy atom. The van der Waals surface area contributed by atoms with Crippen molar-refractivity contribution < 1.29 is 14.3 Å². The van der Waals surface area contributed by atoms with E-state index in [0.29, 0.717) is 0 Å². The lowest BCUT2D eigenvalue weighted by molar-refractivity contribution is -0.152. The minimum absolute atomic E-state index is 0.0729. The summed E-state index contributed by atoms with van der Waals surface area (Å²) in [5, 5.41) is 0. The molecule has 23 heavy (non-hydrogen) atoms. The van der Waals surface area contributed by atoms with E-state index in [-0.39, 0.29) is 48.0 Å². The molecule has 3 rings (SSSR count). The van der Waals surface area contributed by atoms with Crippen LogP contribution in [0.2, 0.25) is 0 Å². The largest absolute Gasteiger partial charge is 0.463 e. The van der Waals surface area contributed by atoms with Crippen LogP contribution in [-0.4, -0.2) is 28.2 Å². The summed E-state index contributed by atoms with van der Waals surface area (Å²) in [7, 11) is 0. The Hall–Kier alpha value is -1.89. The summed E-state index contributed by atoms with van der Waals surface area (Å²) in [4.78, 5) is 27.6. The van der Waals surface area contributed by atoms with Crippen LogP contribution in [-0.2, 0) is 14.3 Å². The molecular formula is C16H23N3O4. The molecule has 1 aliphatic carbocycles. The van der Waals surface area contributed by atoms with Crippen molar-refractivity contribution in [2.75, 3.05) is 12.3 Å². The first-order valence-corrected chi connectivity index (χ1v) is 8.02. The maximum atomic E-state index is 12.1. The summed E-state index contributed by atoms with van der Waals surface area (Å²) in [5.41, 5.74) is 5.07. The van der Waals surface area contributed by atoms with Gasteiger partial charge in [0.15, 0.2) is 0 Å². The first-order valence-electron chi connectivity index (χ1n) is 8.02. The molecule has 7 nitrogen and oxygen atoms in total. The maximum Gasteiger partial charge on any atom is 0.351 e. The summed E-state index contributed by atoms with van der Waals surface area (Å²) in [6.07, 6.45) is 3.02. The molecule has 0 aromatic carbocycles. The lowest BCUT2D eigenvalue weighted by Crippen LogP contribution is -2.31. The monoisotopic (exact) mass is 321 g/mol. The van der Waals surface area contributed by atoms with Crippen LogP contribution in [0.4, 0.5) is 5.82 Å². The molecule has 1 aromatic heterocycles. The number of hydrogen-bond acceptors (Lipinski definition) is 6. The quantitative estimate of drug-likeness (QED) is 0.841. The van der Waals surface area contributed by atoms with Gasteiger partial charge in [0.25, 0.3) is 0 Å². The summed E-state index contributed by atoms with van der Waals surface area (Å²) in [6, 6.07) is 1.59. The Bertz CT molecular complexity index is 666. The van der Waals surface area contributed by atoms with E-state index in [0.717, 1.165) is 12.8 Å². The van der Waals surface area contributed by atoms with Gasteiger partial charge in [-0.2, -0.15) is 4.98 Å². The van der Waals surface area contributed by atoms with Gasteiger partial charge < -0.3 is 15.2 Å². The predicted octanol–water partition coefficient (Wildman–Crippen LogP) is 1.34. The van der Waals surface area contributed by atoms with Crippen LogP contribution >= 0.6 is 0 Å². The second-order valence-corrected chi connectivity index (χ2v) is 6.88. The van der Waals surface area contributed by atoms with Crippen molar-refractivity contribution >= 4 is 11.8 Å². The summed E-state index contributed by atoms with van der Waals surface area (Å²) >= 11 is 0. The third-order valence-corrected chi connectivity index (χ3v) is 5.05. The lowest BCUT2D eigenvalue weighted by atomic mass is 9.88. The fourth-order valence-corrected chi connectivity index (χ4v) is 3.32. The van der Waals surface area contributed by atoms with Crippen molar-refractivity contribution in [1.29, 1.82) is 0 Å². The number of aromatic nitrogens is 2. The molecule has 3 atom stereocenters. The first-order chi connectivity index (χ1) is 10.8. The van der Waals surface area contributed by atoms with Crippen molar-refractivity contribution in [1.82, 2.24) is 9.55 Å². The van der Waals surface area contributed by atoms with Gasteiger partial charge in [0.1, 0.15) is 18.7 Å². The van der Waals surface area contributed by atoms with Gasteiger partial charge in [0.05, 0.1) is 12.0 Å². The molecule has 0 radical (unpaired) electrons. The maximum absolute atomic E-state index is 12.1. The molecule has 126 valence electrons.